The highest BCUT2D eigenvalue weighted by molar-refractivity contribution is 9.08. The highest BCUT2D eigenvalue weighted by atomic mass is 80.0. The molecule has 6 heteroatoms. The molecule has 1 aromatic carbocycles. The van der Waals surface area contributed by atoms with Crippen molar-refractivity contribution in [2.24, 2.45) is 0 Å². The van der Waals surface area contributed by atoms with E-state index in [0.29, 0.717) is 11.0 Å². The molecule has 0 aliphatic heterocycles. The van der Waals surface area contributed by atoms with Crippen LogP contribution < -0.4 is 18.0 Å². The summed E-state index contributed by atoms with van der Waals surface area (Å²) in [6, 6.07) is 3.47. The SMILES string of the molecule is Cc1cc(CBr)c(N)c(O[Br+2]([O-])[O-])c1. The van der Waals surface area contributed by atoms with Gasteiger partial charge in [-0.1, -0.05) is 22.0 Å². The molecule has 0 atom stereocenters. The first-order valence-corrected chi connectivity index (χ1v) is 6.80. The van der Waals surface area contributed by atoms with E-state index in [-0.39, 0.29) is 5.75 Å². The van der Waals surface area contributed by atoms with Crippen LogP contribution in [0.3, 0.4) is 0 Å². The third-order valence-electron chi connectivity index (χ3n) is 1.66. The third-order valence-corrected chi connectivity index (χ3v) is 2.88. The van der Waals surface area contributed by atoms with Gasteiger partial charge in [-0.05, 0) is 24.1 Å². The summed E-state index contributed by atoms with van der Waals surface area (Å²) < 4.78 is 25.5. The van der Waals surface area contributed by atoms with Gasteiger partial charge in [0.15, 0.2) is 0 Å². The fourth-order valence-corrected chi connectivity index (χ4v) is 2.10. The molecule has 78 valence electrons. The number of nitrogen functional groups attached to an aromatic ring is 1. The van der Waals surface area contributed by atoms with Crippen LogP contribution in [0.15, 0.2) is 12.1 Å². The Bertz CT molecular complexity index is 331. The molecule has 14 heavy (non-hydrogen) atoms. The Labute approximate surface area is 95.6 Å². The highest BCUT2D eigenvalue weighted by Crippen LogP contribution is 2.29. The van der Waals surface area contributed by atoms with Crippen molar-refractivity contribution in [2.75, 3.05) is 5.73 Å². The van der Waals surface area contributed by atoms with Gasteiger partial charge in [0.05, 0.1) is 5.69 Å². The van der Waals surface area contributed by atoms with Gasteiger partial charge in [0.25, 0.3) is 5.75 Å². The van der Waals surface area contributed by atoms with Crippen LogP contribution >= 0.6 is 15.9 Å². The summed E-state index contributed by atoms with van der Waals surface area (Å²) in [5.41, 5.74) is 7.79. The number of nitrogens with two attached hydrogens (primary N) is 1. The maximum absolute atomic E-state index is 10.4. The van der Waals surface area contributed by atoms with Crippen molar-refractivity contribution in [1.82, 2.24) is 0 Å². The summed E-state index contributed by atoms with van der Waals surface area (Å²) in [6.45, 7) is 1.85. The highest BCUT2D eigenvalue weighted by Gasteiger charge is 2.18. The molecule has 2 N–H and O–H groups in total. The van der Waals surface area contributed by atoms with E-state index in [1.165, 1.54) is 0 Å². The lowest BCUT2D eigenvalue weighted by atomic mass is 10.1. The van der Waals surface area contributed by atoms with Crippen molar-refractivity contribution < 1.29 is 27.0 Å². The van der Waals surface area contributed by atoms with Crippen LogP contribution in [0.5, 0.6) is 5.75 Å². The third kappa shape index (κ3) is 2.84. The number of alkyl halides is 1. The average molecular weight is 327 g/mol. The topological polar surface area (TPSA) is 81.4 Å². The minimum Gasteiger partial charge on any atom is -0.395 e. The molecule has 0 aromatic heterocycles. The van der Waals surface area contributed by atoms with E-state index in [0.717, 1.165) is 11.1 Å². The maximum atomic E-state index is 10.4. The van der Waals surface area contributed by atoms with Crippen LogP contribution in [0, 0.1) is 21.7 Å². The van der Waals surface area contributed by atoms with Gasteiger partial charge in [0, 0.05) is 5.33 Å². The Morgan fingerprint density at radius 3 is 2.64 bits per heavy atom. The van der Waals surface area contributed by atoms with Gasteiger partial charge in [0.2, 0.25) is 0 Å². The van der Waals surface area contributed by atoms with E-state index >= 15 is 0 Å². The number of aryl methyl sites for hydroxylation is 1. The second-order valence-electron chi connectivity index (χ2n) is 2.74. The van der Waals surface area contributed by atoms with Gasteiger partial charge in [-0.15, -0.1) is 3.83 Å². The standard InChI is InChI=1S/C8H9Br2NO3/c1-5-2-6(4-9)8(11)7(3-5)14-10(12)13/h2-3H,4,11H2,1H3. The van der Waals surface area contributed by atoms with Crippen molar-refractivity contribution >= 4 is 21.6 Å². The van der Waals surface area contributed by atoms with E-state index in [2.05, 4.69) is 19.8 Å². The van der Waals surface area contributed by atoms with E-state index in [1.807, 2.05) is 13.0 Å². The maximum Gasteiger partial charge on any atom is 0.501 e. The molecule has 0 bridgehead atoms. The van der Waals surface area contributed by atoms with E-state index in [9.17, 15) is 8.40 Å². The summed E-state index contributed by atoms with van der Waals surface area (Å²) in [6.07, 6.45) is 0. The molecule has 0 amide bonds. The Balaban J connectivity index is 3.08. The zero-order chi connectivity index (χ0) is 10.7. The molecule has 0 radical (unpaired) electrons. The van der Waals surface area contributed by atoms with Crippen LogP contribution in [-0.4, -0.2) is 0 Å². The van der Waals surface area contributed by atoms with Gasteiger partial charge in [-0.3, -0.25) is 0 Å². The summed E-state index contributed by atoms with van der Waals surface area (Å²) in [5, 5.41) is 0.566. The Morgan fingerprint density at radius 1 is 1.50 bits per heavy atom. The molecular formula is C8H9Br2NO3. The lowest BCUT2D eigenvalue weighted by Crippen LogP contribution is -2.37. The summed E-state index contributed by atoms with van der Waals surface area (Å²) >= 11 is -0.00633. The lowest BCUT2D eigenvalue weighted by molar-refractivity contribution is -1.62. The number of hydrogen-bond acceptors (Lipinski definition) is 4. The van der Waals surface area contributed by atoms with Crippen molar-refractivity contribution in [3.63, 3.8) is 0 Å². The summed E-state index contributed by atoms with van der Waals surface area (Å²) in [5.74, 6) is 0.208. The number of benzene rings is 1. The predicted molar refractivity (Wildman–Crippen MR) is 48.9 cm³/mol. The zero-order valence-corrected chi connectivity index (χ0v) is 10.6. The molecule has 0 unspecified atom stereocenters. The molecule has 0 saturated carbocycles. The van der Waals surface area contributed by atoms with Gasteiger partial charge >= 0.3 is 14.8 Å². The van der Waals surface area contributed by atoms with Crippen LogP contribution in [-0.2, 0) is 5.33 Å². The fraction of sp³-hybridized carbons (Fsp3) is 0.250. The van der Waals surface area contributed by atoms with Crippen LogP contribution in [0.25, 0.3) is 0 Å². The Hall–Kier alpha value is -0.300. The predicted octanol–water partition coefficient (Wildman–Crippen LogP) is -0.0628. The molecule has 0 aliphatic carbocycles. The molecule has 1 aromatic rings. The molecule has 0 spiro atoms. The number of anilines is 1. The monoisotopic (exact) mass is 325 g/mol. The summed E-state index contributed by atoms with van der Waals surface area (Å²) in [7, 11) is 0. The largest absolute Gasteiger partial charge is 0.501 e. The second kappa shape index (κ2) is 4.97. The molecule has 1 rings (SSSR count). The number of rotatable bonds is 3. The number of halogens is 2. The Morgan fingerprint density at radius 2 is 2.14 bits per heavy atom. The summed E-state index contributed by atoms with van der Waals surface area (Å²) in [4.78, 5) is 0. The molecule has 0 fully saturated rings. The molecule has 0 aliphatic rings. The molecule has 4 nitrogen and oxygen atoms in total. The molecular weight excluding hydrogens is 318 g/mol. The minimum absolute atomic E-state index is 0.208. The first-order valence-electron chi connectivity index (χ1n) is 3.73. The van der Waals surface area contributed by atoms with Gasteiger partial charge < -0.3 is 14.1 Å². The van der Waals surface area contributed by atoms with Crippen LogP contribution in [0.1, 0.15) is 11.1 Å². The van der Waals surface area contributed by atoms with Crippen LogP contribution in [0.4, 0.5) is 5.69 Å². The van der Waals surface area contributed by atoms with E-state index in [1.54, 1.807) is 6.07 Å². The first-order chi connectivity index (χ1) is 6.54. The molecule has 0 heterocycles. The van der Waals surface area contributed by atoms with Crippen LogP contribution in [0.2, 0.25) is 0 Å². The zero-order valence-electron chi connectivity index (χ0n) is 7.42. The van der Waals surface area contributed by atoms with Gasteiger partial charge in [0.1, 0.15) is 0 Å². The quantitative estimate of drug-likeness (QED) is 0.623. The first kappa shape index (κ1) is 11.8. The fourth-order valence-electron chi connectivity index (χ4n) is 1.08. The minimum atomic E-state index is -3.27. The van der Waals surface area contributed by atoms with E-state index < -0.39 is 14.8 Å². The smallest absolute Gasteiger partial charge is 0.395 e. The average Bonchev–Trinajstić information content (AvgIpc) is 2.09. The normalized spacial score (nSPS) is 10.6. The molecule has 0 saturated heterocycles. The van der Waals surface area contributed by atoms with Crippen molar-refractivity contribution in [3.05, 3.63) is 23.3 Å². The second-order valence-corrected chi connectivity index (χ2v) is 4.41. The van der Waals surface area contributed by atoms with Crippen molar-refractivity contribution in [1.29, 1.82) is 0 Å². The van der Waals surface area contributed by atoms with E-state index in [4.69, 9.17) is 5.73 Å². The van der Waals surface area contributed by atoms with Gasteiger partial charge in [-0.2, -0.15) is 0 Å². The van der Waals surface area contributed by atoms with Gasteiger partial charge in [-0.25, -0.2) is 0 Å². The van der Waals surface area contributed by atoms with Crippen molar-refractivity contribution in [3.8, 4) is 5.75 Å². The number of hydrogen-bond donors (Lipinski definition) is 1. The van der Waals surface area contributed by atoms with Crippen molar-refractivity contribution in [2.45, 2.75) is 12.3 Å². The lowest BCUT2D eigenvalue weighted by Gasteiger charge is -2.06. The Kier molecular flexibility index (Phi) is 4.18.